The third-order valence-electron chi connectivity index (χ3n) is 6.20. The first-order valence-corrected chi connectivity index (χ1v) is 11.0. The number of para-hydroxylation sites is 1. The van der Waals surface area contributed by atoms with Crippen molar-refractivity contribution in [2.45, 2.75) is 25.7 Å². The van der Waals surface area contributed by atoms with Gasteiger partial charge in [0.1, 0.15) is 5.75 Å². The van der Waals surface area contributed by atoms with E-state index in [9.17, 15) is 4.79 Å². The molecule has 1 N–H and O–H groups in total. The van der Waals surface area contributed by atoms with Crippen LogP contribution in [-0.4, -0.2) is 46.1 Å². The van der Waals surface area contributed by atoms with E-state index in [2.05, 4.69) is 27.3 Å². The van der Waals surface area contributed by atoms with Gasteiger partial charge in [0.05, 0.1) is 7.11 Å². The summed E-state index contributed by atoms with van der Waals surface area (Å²) in [6, 6.07) is 15.8. The molecule has 0 aliphatic carbocycles. The lowest BCUT2D eigenvalue weighted by Gasteiger charge is -2.16. The number of aromatic nitrogens is 3. The number of benzene rings is 2. The topological polar surface area (TPSA) is 84.2 Å². The van der Waals surface area contributed by atoms with E-state index in [4.69, 9.17) is 9.26 Å². The molecule has 0 spiro atoms. The molecular formula is C25H26N4O3. The average molecular weight is 431 g/mol. The van der Waals surface area contributed by atoms with Crippen LogP contribution in [0.15, 0.2) is 59.3 Å². The second-order valence-corrected chi connectivity index (χ2v) is 8.30. The lowest BCUT2D eigenvalue weighted by Crippen LogP contribution is -2.29. The second-order valence-electron chi connectivity index (χ2n) is 8.30. The van der Waals surface area contributed by atoms with Crippen LogP contribution in [-0.2, 0) is 17.6 Å². The molecule has 5 rings (SSSR count). The second kappa shape index (κ2) is 8.86. The molecule has 164 valence electrons. The van der Waals surface area contributed by atoms with Crippen LogP contribution in [0.3, 0.4) is 0 Å². The van der Waals surface area contributed by atoms with E-state index in [1.165, 1.54) is 10.9 Å². The number of nitrogens with one attached hydrogen (secondary N) is 1. The number of carbonyl (C=O) groups excluding carboxylic acids is 1. The summed E-state index contributed by atoms with van der Waals surface area (Å²) in [4.78, 5) is 22.6. The number of carbonyl (C=O) groups is 1. The highest BCUT2D eigenvalue weighted by atomic mass is 16.5. The van der Waals surface area contributed by atoms with Crippen LogP contribution in [0.1, 0.15) is 24.2 Å². The summed E-state index contributed by atoms with van der Waals surface area (Å²) in [7, 11) is 1.64. The van der Waals surface area contributed by atoms with Crippen LogP contribution in [0.5, 0.6) is 5.75 Å². The smallest absolute Gasteiger partial charge is 0.257 e. The number of likely N-dealkylation sites (tertiary alicyclic amines) is 1. The molecule has 7 heteroatoms. The summed E-state index contributed by atoms with van der Waals surface area (Å²) in [6.45, 7) is 1.54. The molecule has 1 saturated heterocycles. The molecule has 1 aliphatic rings. The fraction of sp³-hybridized carbons (Fsp3) is 0.320. The molecule has 2 aromatic heterocycles. The highest BCUT2D eigenvalue weighted by Crippen LogP contribution is 2.25. The molecule has 1 unspecified atom stereocenters. The molecule has 2 aromatic carbocycles. The van der Waals surface area contributed by atoms with Gasteiger partial charge in [-0.15, -0.1) is 0 Å². The van der Waals surface area contributed by atoms with Crippen molar-refractivity contribution in [3.63, 3.8) is 0 Å². The van der Waals surface area contributed by atoms with Gasteiger partial charge < -0.3 is 19.1 Å². The van der Waals surface area contributed by atoms with Gasteiger partial charge in [-0.25, -0.2) is 0 Å². The molecular weight excluding hydrogens is 404 g/mol. The zero-order valence-corrected chi connectivity index (χ0v) is 18.1. The summed E-state index contributed by atoms with van der Waals surface area (Å²) in [5.41, 5.74) is 3.18. The number of aromatic amines is 1. The van der Waals surface area contributed by atoms with E-state index in [1.807, 2.05) is 47.5 Å². The predicted molar refractivity (Wildman–Crippen MR) is 121 cm³/mol. The minimum atomic E-state index is 0.213. The fourth-order valence-electron chi connectivity index (χ4n) is 4.41. The Morgan fingerprint density at radius 3 is 2.91 bits per heavy atom. The molecule has 7 nitrogen and oxygen atoms in total. The van der Waals surface area contributed by atoms with Crippen LogP contribution >= 0.6 is 0 Å². The molecule has 0 saturated carbocycles. The van der Waals surface area contributed by atoms with Crippen molar-refractivity contribution in [1.82, 2.24) is 20.0 Å². The van der Waals surface area contributed by atoms with Crippen LogP contribution in [0.4, 0.5) is 0 Å². The normalized spacial score (nSPS) is 16.0. The van der Waals surface area contributed by atoms with Gasteiger partial charge in [-0.1, -0.05) is 23.4 Å². The fourth-order valence-corrected chi connectivity index (χ4v) is 4.41. The Morgan fingerprint density at radius 2 is 2.06 bits per heavy atom. The summed E-state index contributed by atoms with van der Waals surface area (Å²) in [5.74, 6) is 2.55. The van der Waals surface area contributed by atoms with Crippen molar-refractivity contribution < 1.29 is 14.1 Å². The molecule has 32 heavy (non-hydrogen) atoms. The largest absolute Gasteiger partial charge is 0.497 e. The van der Waals surface area contributed by atoms with Crippen LogP contribution < -0.4 is 4.74 Å². The van der Waals surface area contributed by atoms with Gasteiger partial charge in [0, 0.05) is 48.6 Å². The number of hydrogen-bond donors (Lipinski definition) is 1. The lowest BCUT2D eigenvalue weighted by atomic mass is 10.0. The highest BCUT2D eigenvalue weighted by Gasteiger charge is 2.27. The van der Waals surface area contributed by atoms with Gasteiger partial charge in [0.15, 0.2) is 5.82 Å². The van der Waals surface area contributed by atoms with Gasteiger partial charge in [0.2, 0.25) is 5.91 Å². The van der Waals surface area contributed by atoms with Gasteiger partial charge in [-0.2, -0.15) is 4.98 Å². The van der Waals surface area contributed by atoms with Crippen molar-refractivity contribution in [2.24, 2.45) is 5.92 Å². The van der Waals surface area contributed by atoms with Crippen LogP contribution in [0.25, 0.3) is 22.4 Å². The number of amides is 1. The maximum Gasteiger partial charge on any atom is 0.257 e. The minimum Gasteiger partial charge on any atom is -0.497 e. The number of H-pyrrole nitrogens is 1. The van der Waals surface area contributed by atoms with E-state index in [0.29, 0.717) is 30.5 Å². The molecule has 1 amide bonds. The zero-order chi connectivity index (χ0) is 21.9. The van der Waals surface area contributed by atoms with Crippen molar-refractivity contribution in [3.8, 4) is 17.2 Å². The lowest BCUT2D eigenvalue weighted by molar-refractivity contribution is -0.130. The third-order valence-corrected chi connectivity index (χ3v) is 6.20. The number of fused-ring (bicyclic) bond motifs is 1. The van der Waals surface area contributed by atoms with Crippen molar-refractivity contribution in [3.05, 3.63) is 66.1 Å². The Bertz CT molecular complexity index is 1210. The van der Waals surface area contributed by atoms with Gasteiger partial charge in [-0.3, -0.25) is 4.79 Å². The Kier molecular flexibility index (Phi) is 5.62. The first-order valence-electron chi connectivity index (χ1n) is 11.0. The maximum atomic E-state index is 12.8. The van der Waals surface area contributed by atoms with Crippen molar-refractivity contribution >= 4 is 16.8 Å². The molecule has 3 heterocycles. The van der Waals surface area contributed by atoms with Crippen LogP contribution in [0, 0.1) is 5.92 Å². The number of hydrogen-bond acceptors (Lipinski definition) is 5. The Morgan fingerprint density at radius 1 is 1.22 bits per heavy atom. The molecule has 4 aromatic rings. The van der Waals surface area contributed by atoms with Crippen molar-refractivity contribution in [1.29, 1.82) is 0 Å². The van der Waals surface area contributed by atoms with Gasteiger partial charge in [-0.05, 0) is 54.7 Å². The van der Waals surface area contributed by atoms with E-state index in [1.54, 1.807) is 7.11 Å². The predicted octanol–water partition coefficient (Wildman–Crippen LogP) is 4.25. The summed E-state index contributed by atoms with van der Waals surface area (Å²) < 4.78 is 10.6. The third kappa shape index (κ3) is 4.23. The van der Waals surface area contributed by atoms with Gasteiger partial charge >= 0.3 is 0 Å². The number of nitrogens with zero attached hydrogens (tertiary/aromatic N) is 3. The Balaban J connectivity index is 1.14. The first kappa shape index (κ1) is 20.3. The quantitative estimate of drug-likeness (QED) is 0.474. The number of aryl methyl sites for hydroxylation is 1. The SMILES string of the molecule is COc1ccc(-c2nc(CC3CCN(C(=O)CCc4c[nH]c5ccccc45)C3)no2)cc1. The van der Waals surface area contributed by atoms with Gasteiger partial charge in [0.25, 0.3) is 5.89 Å². The first-order chi connectivity index (χ1) is 15.7. The molecule has 0 bridgehead atoms. The average Bonchev–Trinajstić information content (AvgIpc) is 3.58. The van der Waals surface area contributed by atoms with E-state index in [0.717, 1.165) is 42.8 Å². The summed E-state index contributed by atoms with van der Waals surface area (Å²) in [6.07, 6.45) is 4.97. The maximum absolute atomic E-state index is 12.8. The molecule has 1 atom stereocenters. The Labute approximate surface area is 186 Å². The zero-order valence-electron chi connectivity index (χ0n) is 18.1. The van der Waals surface area contributed by atoms with E-state index in [-0.39, 0.29) is 5.91 Å². The standard InChI is InChI=1S/C25H26N4O3/c1-31-20-9-6-18(7-10-20)25-27-23(28-32-25)14-17-12-13-29(16-17)24(30)11-8-19-15-26-22-5-3-2-4-21(19)22/h2-7,9-10,15,17,26H,8,11-14,16H2,1H3. The summed E-state index contributed by atoms with van der Waals surface area (Å²) in [5, 5.41) is 5.34. The summed E-state index contributed by atoms with van der Waals surface area (Å²) >= 11 is 0. The highest BCUT2D eigenvalue weighted by molar-refractivity contribution is 5.84. The Hall–Kier alpha value is -3.61. The number of ether oxygens (including phenoxy) is 1. The van der Waals surface area contributed by atoms with Crippen molar-refractivity contribution in [2.75, 3.05) is 20.2 Å². The number of rotatable bonds is 7. The van der Waals surface area contributed by atoms with Crippen LogP contribution in [0.2, 0.25) is 0 Å². The number of methoxy groups -OCH3 is 1. The molecule has 0 radical (unpaired) electrons. The minimum absolute atomic E-state index is 0.213. The molecule has 1 aliphatic heterocycles. The monoisotopic (exact) mass is 430 g/mol. The van der Waals surface area contributed by atoms with E-state index >= 15 is 0 Å². The molecule has 1 fully saturated rings. The van der Waals surface area contributed by atoms with E-state index < -0.39 is 0 Å².